The van der Waals surface area contributed by atoms with Crippen molar-refractivity contribution in [2.24, 2.45) is 0 Å². The van der Waals surface area contributed by atoms with E-state index in [-0.39, 0.29) is 6.61 Å². The van der Waals surface area contributed by atoms with E-state index in [1.165, 1.54) is 6.42 Å². The highest BCUT2D eigenvalue weighted by molar-refractivity contribution is 4.42. The summed E-state index contributed by atoms with van der Waals surface area (Å²) in [5.41, 5.74) is 0. The minimum Gasteiger partial charge on any atom is -0.381 e. The summed E-state index contributed by atoms with van der Waals surface area (Å²) in [5, 5.41) is 10.2. The zero-order valence-corrected chi connectivity index (χ0v) is 13.2. The Hall–Kier alpha value is -0.160. The summed E-state index contributed by atoms with van der Waals surface area (Å²) in [6.07, 6.45) is 8.24. The summed E-state index contributed by atoms with van der Waals surface area (Å²) in [5.74, 6) is 0. The first-order valence-corrected chi connectivity index (χ1v) is 8.23. The summed E-state index contributed by atoms with van der Waals surface area (Å²) in [4.78, 5) is 0. The minimum atomic E-state index is 0.0147. The normalized spacial score (nSPS) is 11.1. The van der Waals surface area contributed by atoms with Gasteiger partial charge >= 0.3 is 0 Å². The Morgan fingerprint density at radius 1 is 0.550 bits per heavy atom. The van der Waals surface area contributed by atoms with Gasteiger partial charge < -0.3 is 14.2 Å². The van der Waals surface area contributed by atoms with Crippen molar-refractivity contribution >= 4 is 0 Å². The first kappa shape index (κ1) is 19.8. The maximum Gasteiger partial charge on any atom is 0.0823 e. The third-order valence-corrected chi connectivity index (χ3v) is 2.98. The molecule has 0 aromatic heterocycles. The predicted molar refractivity (Wildman–Crippen MR) is 80.6 cm³/mol. The number of hydrogen-bond donors (Lipinski definition) is 0. The van der Waals surface area contributed by atoms with Gasteiger partial charge in [-0.25, -0.2) is 5.11 Å². The van der Waals surface area contributed by atoms with E-state index in [1.54, 1.807) is 0 Å². The van der Waals surface area contributed by atoms with Crippen LogP contribution in [0.4, 0.5) is 0 Å². The van der Waals surface area contributed by atoms with Gasteiger partial charge in [0, 0.05) is 39.6 Å². The SMILES string of the molecule is CCCCOCCCCOCCCCOCCCC[O]. The Bertz CT molecular complexity index is 147. The Morgan fingerprint density at radius 3 is 1.25 bits per heavy atom. The van der Waals surface area contributed by atoms with Crippen LogP contribution in [0.25, 0.3) is 0 Å². The molecule has 0 aliphatic carbocycles. The third-order valence-electron chi connectivity index (χ3n) is 2.98. The first-order valence-electron chi connectivity index (χ1n) is 8.23. The monoisotopic (exact) mass is 289 g/mol. The summed E-state index contributed by atoms with van der Waals surface area (Å²) < 4.78 is 16.5. The van der Waals surface area contributed by atoms with E-state index in [1.807, 2.05) is 0 Å². The highest BCUT2D eigenvalue weighted by atomic mass is 16.5. The second-order valence-corrected chi connectivity index (χ2v) is 5.02. The van der Waals surface area contributed by atoms with Crippen LogP contribution in [0.5, 0.6) is 0 Å². The molecule has 20 heavy (non-hydrogen) atoms. The number of hydrogen-bond acceptors (Lipinski definition) is 3. The van der Waals surface area contributed by atoms with E-state index in [0.717, 1.165) is 84.6 Å². The van der Waals surface area contributed by atoms with E-state index in [4.69, 9.17) is 14.2 Å². The number of unbranched alkanes of at least 4 members (excludes halogenated alkanes) is 4. The van der Waals surface area contributed by atoms with Crippen LogP contribution in [0.3, 0.4) is 0 Å². The molecule has 4 heteroatoms. The fourth-order valence-electron chi connectivity index (χ4n) is 1.68. The summed E-state index contributed by atoms with van der Waals surface area (Å²) >= 11 is 0. The van der Waals surface area contributed by atoms with Crippen molar-refractivity contribution in [2.75, 3.05) is 46.2 Å². The largest absolute Gasteiger partial charge is 0.381 e. The molecule has 0 aromatic carbocycles. The van der Waals surface area contributed by atoms with Gasteiger partial charge in [-0.15, -0.1) is 0 Å². The van der Waals surface area contributed by atoms with Crippen molar-refractivity contribution in [2.45, 2.75) is 58.3 Å². The smallest absolute Gasteiger partial charge is 0.0823 e. The Kier molecular flexibility index (Phi) is 18.7. The topological polar surface area (TPSA) is 47.6 Å². The average Bonchev–Trinajstić information content (AvgIpc) is 2.47. The van der Waals surface area contributed by atoms with Crippen molar-refractivity contribution in [1.29, 1.82) is 0 Å². The molecule has 0 bridgehead atoms. The van der Waals surface area contributed by atoms with Gasteiger partial charge in [-0.2, -0.15) is 0 Å². The second kappa shape index (κ2) is 18.8. The molecule has 121 valence electrons. The van der Waals surface area contributed by atoms with E-state index in [2.05, 4.69) is 6.92 Å². The summed E-state index contributed by atoms with van der Waals surface area (Å²) in [7, 11) is 0. The molecule has 0 aliphatic rings. The lowest BCUT2D eigenvalue weighted by Crippen LogP contribution is -2.03. The van der Waals surface area contributed by atoms with Gasteiger partial charge in [0.25, 0.3) is 0 Å². The van der Waals surface area contributed by atoms with Gasteiger partial charge in [-0.05, 0) is 44.9 Å². The van der Waals surface area contributed by atoms with Crippen LogP contribution in [0.1, 0.15) is 58.3 Å². The van der Waals surface area contributed by atoms with Crippen LogP contribution < -0.4 is 0 Å². The average molecular weight is 289 g/mol. The molecule has 0 aromatic rings. The predicted octanol–water partition coefficient (Wildman–Crippen LogP) is 3.61. The molecule has 0 spiro atoms. The first-order chi connectivity index (χ1) is 9.91. The molecule has 0 saturated heterocycles. The van der Waals surface area contributed by atoms with Crippen LogP contribution in [0, 0.1) is 0 Å². The quantitative estimate of drug-likeness (QED) is 0.384. The van der Waals surface area contributed by atoms with Crippen molar-refractivity contribution in [3.05, 3.63) is 0 Å². The van der Waals surface area contributed by atoms with Gasteiger partial charge in [0.2, 0.25) is 0 Å². The standard InChI is InChI=1S/C16H33O4/c1-2-3-11-18-13-6-7-15-20-16-9-8-14-19-12-5-4-10-17/h2-16H2,1H3. The van der Waals surface area contributed by atoms with Gasteiger partial charge in [0.15, 0.2) is 0 Å². The Labute approximate surface area is 124 Å². The lowest BCUT2D eigenvalue weighted by molar-refractivity contribution is 0.0872. The lowest BCUT2D eigenvalue weighted by Gasteiger charge is -2.06. The van der Waals surface area contributed by atoms with Crippen molar-refractivity contribution in [3.63, 3.8) is 0 Å². The van der Waals surface area contributed by atoms with Crippen LogP contribution in [0.15, 0.2) is 0 Å². The summed E-state index contributed by atoms with van der Waals surface area (Å²) in [6.45, 7) is 7.11. The fourth-order valence-corrected chi connectivity index (χ4v) is 1.68. The molecule has 0 amide bonds. The van der Waals surface area contributed by atoms with Crippen LogP contribution >= 0.6 is 0 Å². The van der Waals surface area contributed by atoms with Crippen molar-refractivity contribution in [3.8, 4) is 0 Å². The maximum atomic E-state index is 10.2. The molecule has 1 radical (unpaired) electrons. The third kappa shape index (κ3) is 17.8. The highest BCUT2D eigenvalue weighted by Crippen LogP contribution is 1.97. The van der Waals surface area contributed by atoms with Gasteiger partial charge in [-0.1, -0.05) is 13.3 Å². The molecule has 0 unspecified atom stereocenters. The van der Waals surface area contributed by atoms with Crippen molar-refractivity contribution in [1.82, 2.24) is 0 Å². The van der Waals surface area contributed by atoms with E-state index in [0.29, 0.717) is 0 Å². The Morgan fingerprint density at radius 2 is 0.900 bits per heavy atom. The number of ether oxygens (including phenoxy) is 3. The molecule has 0 N–H and O–H groups in total. The molecule has 0 heterocycles. The van der Waals surface area contributed by atoms with Gasteiger partial charge in [0.1, 0.15) is 0 Å². The molecule has 0 rings (SSSR count). The minimum absolute atomic E-state index is 0.0147. The maximum absolute atomic E-state index is 10.2. The number of rotatable bonds is 17. The van der Waals surface area contributed by atoms with Crippen LogP contribution in [-0.2, 0) is 19.3 Å². The summed E-state index contributed by atoms with van der Waals surface area (Å²) in [6, 6.07) is 0. The highest BCUT2D eigenvalue weighted by Gasteiger charge is 1.93. The Balaban J connectivity index is 2.89. The molecule has 0 fully saturated rings. The zero-order valence-electron chi connectivity index (χ0n) is 13.2. The van der Waals surface area contributed by atoms with Gasteiger partial charge in [0.05, 0.1) is 6.61 Å². The van der Waals surface area contributed by atoms with Crippen molar-refractivity contribution < 1.29 is 19.3 Å². The van der Waals surface area contributed by atoms with E-state index in [9.17, 15) is 5.11 Å². The second-order valence-electron chi connectivity index (χ2n) is 5.02. The van der Waals surface area contributed by atoms with Crippen LogP contribution in [0.2, 0.25) is 0 Å². The fraction of sp³-hybridized carbons (Fsp3) is 1.00. The molecule has 4 nitrogen and oxygen atoms in total. The molecule has 0 aliphatic heterocycles. The molecular formula is C16H33O4. The molecule has 0 atom stereocenters. The molecule has 0 saturated carbocycles. The van der Waals surface area contributed by atoms with Crippen LogP contribution in [-0.4, -0.2) is 46.2 Å². The lowest BCUT2D eigenvalue weighted by atomic mass is 10.3. The van der Waals surface area contributed by atoms with E-state index >= 15 is 0 Å². The van der Waals surface area contributed by atoms with E-state index < -0.39 is 0 Å². The van der Waals surface area contributed by atoms with Gasteiger partial charge in [-0.3, -0.25) is 0 Å². The molecular weight excluding hydrogens is 256 g/mol. The zero-order chi connectivity index (χ0) is 14.7.